The van der Waals surface area contributed by atoms with Crippen molar-refractivity contribution in [3.8, 4) is 0 Å². The third-order valence-corrected chi connectivity index (χ3v) is 4.49. The molecule has 2 rings (SSSR count). The van der Waals surface area contributed by atoms with Crippen molar-refractivity contribution >= 4 is 29.9 Å². The van der Waals surface area contributed by atoms with Gasteiger partial charge in [-0.15, -0.1) is 24.0 Å². The number of hydrogen-bond donors (Lipinski definition) is 2. The Hall–Kier alpha value is -1.78. The number of benzene rings is 1. The molecule has 0 amide bonds. The molecule has 0 aliphatic heterocycles. The van der Waals surface area contributed by atoms with Crippen LogP contribution in [0.2, 0.25) is 0 Å². The van der Waals surface area contributed by atoms with E-state index in [4.69, 9.17) is 0 Å². The molecule has 2 N–H and O–H groups in total. The molecule has 2 aromatic rings. The van der Waals surface area contributed by atoms with Gasteiger partial charge in [0.05, 0.1) is 11.3 Å². The Balaban J connectivity index is 0.00000392. The summed E-state index contributed by atoms with van der Waals surface area (Å²) in [5.74, 6) is 0.541. The minimum atomic E-state index is -4.34. The predicted octanol–water partition coefficient (Wildman–Crippen LogP) is 3.97. The van der Waals surface area contributed by atoms with Gasteiger partial charge in [0.2, 0.25) is 0 Å². The summed E-state index contributed by atoms with van der Waals surface area (Å²) in [4.78, 5) is 4.16. The number of aromatic nitrogens is 2. The highest BCUT2D eigenvalue weighted by molar-refractivity contribution is 14.0. The van der Waals surface area contributed by atoms with Gasteiger partial charge in [-0.05, 0) is 50.5 Å². The first-order valence-electron chi connectivity index (χ1n) is 8.74. The number of rotatable bonds is 5. The van der Waals surface area contributed by atoms with Crippen molar-refractivity contribution in [2.24, 2.45) is 12.0 Å². The lowest BCUT2D eigenvalue weighted by molar-refractivity contribution is -0.137. The van der Waals surface area contributed by atoms with E-state index in [1.165, 1.54) is 11.6 Å². The van der Waals surface area contributed by atoms with E-state index in [-0.39, 0.29) is 36.6 Å². The summed E-state index contributed by atoms with van der Waals surface area (Å²) in [7, 11) is 3.55. The van der Waals surface area contributed by atoms with Crippen molar-refractivity contribution < 1.29 is 13.2 Å². The molecular formula is C19H27F3IN5. The zero-order valence-corrected chi connectivity index (χ0v) is 19.0. The number of nitrogens with zero attached hydrogens (tertiary/aromatic N) is 3. The van der Waals surface area contributed by atoms with E-state index in [0.717, 1.165) is 29.9 Å². The van der Waals surface area contributed by atoms with Gasteiger partial charge in [0.1, 0.15) is 0 Å². The molecule has 0 saturated heterocycles. The van der Waals surface area contributed by atoms with Gasteiger partial charge in [-0.1, -0.05) is 12.1 Å². The van der Waals surface area contributed by atoms with E-state index in [9.17, 15) is 13.2 Å². The Morgan fingerprint density at radius 1 is 1.29 bits per heavy atom. The summed E-state index contributed by atoms with van der Waals surface area (Å²) < 4.78 is 40.3. The van der Waals surface area contributed by atoms with Gasteiger partial charge < -0.3 is 10.6 Å². The van der Waals surface area contributed by atoms with E-state index in [0.29, 0.717) is 11.5 Å². The highest BCUT2D eigenvalue weighted by Crippen LogP contribution is 2.29. The maximum absolute atomic E-state index is 12.8. The van der Waals surface area contributed by atoms with Crippen molar-refractivity contribution in [3.63, 3.8) is 0 Å². The molecule has 0 bridgehead atoms. The summed E-state index contributed by atoms with van der Waals surface area (Å²) in [6, 6.07) is 5.36. The minimum Gasteiger partial charge on any atom is -0.354 e. The highest BCUT2D eigenvalue weighted by atomic mass is 127. The van der Waals surface area contributed by atoms with Gasteiger partial charge in [0, 0.05) is 32.4 Å². The molecule has 0 radical (unpaired) electrons. The fraction of sp³-hybridized carbons (Fsp3) is 0.474. The lowest BCUT2D eigenvalue weighted by Crippen LogP contribution is -2.42. The Bertz CT molecular complexity index is 814. The molecule has 5 nitrogen and oxygen atoms in total. The Kier molecular flexibility index (Phi) is 8.77. The Morgan fingerprint density at radius 3 is 2.50 bits per heavy atom. The van der Waals surface area contributed by atoms with Crippen LogP contribution in [0.15, 0.2) is 29.3 Å². The second kappa shape index (κ2) is 10.1. The minimum absolute atomic E-state index is 0. The van der Waals surface area contributed by atoms with Crippen LogP contribution in [0.25, 0.3) is 0 Å². The van der Waals surface area contributed by atoms with Gasteiger partial charge in [0.15, 0.2) is 5.96 Å². The van der Waals surface area contributed by atoms with Crippen LogP contribution in [0.5, 0.6) is 0 Å². The molecule has 0 saturated carbocycles. The van der Waals surface area contributed by atoms with Gasteiger partial charge >= 0.3 is 6.18 Å². The SMILES string of the molecule is CN=C(NCc1cccc(C(F)(F)F)c1)NC(C)Cc1c(C)nn(C)c1C.I. The summed E-state index contributed by atoms with van der Waals surface area (Å²) >= 11 is 0. The van der Waals surface area contributed by atoms with Crippen molar-refractivity contribution in [3.05, 3.63) is 52.3 Å². The van der Waals surface area contributed by atoms with E-state index < -0.39 is 11.7 Å². The van der Waals surface area contributed by atoms with Crippen LogP contribution in [0.4, 0.5) is 13.2 Å². The molecule has 1 unspecified atom stereocenters. The summed E-state index contributed by atoms with van der Waals surface area (Å²) in [5, 5.41) is 10.8. The number of aliphatic imine (C=N–C) groups is 1. The van der Waals surface area contributed by atoms with Gasteiger partial charge in [-0.25, -0.2) is 0 Å². The van der Waals surface area contributed by atoms with Crippen LogP contribution in [-0.4, -0.2) is 28.8 Å². The lowest BCUT2D eigenvalue weighted by atomic mass is 10.1. The Labute approximate surface area is 180 Å². The molecule has 1 aromatic carbocycles. The van der Waals surface area contributed by atoms with E-state index >= 15 is 0 Å². The van der Waals surface area contributed by atoms with Crippen LogP contribution in [-0.2, 0) is 26.2 Å². The molecule has 1 atom stereocenters. The third-order valence-electron chi connectivity index (χ3n) is 4.49. The molecule has 1 aromatic heterocycles. The first-order valence-corrected chi connectivity index (χ1v) is 8.74. The number of guanidine groups is 1. The average Bonchev–Trinajstić information content (AvgIpc) is 2.84. The number of aryl methyl sites for hydroxylation is 2. The van der Waals surface area contributed by atoms with Crippen molar-refractivity contribution in [2.45, 2.75) is 46.0 Å². The number of nitrogens with one attached hydrogen (secondary N) is 2. The molecule has 28 heavy (non-hydrogen) atoms. The van der Waals surface area contributed by atoms with Crippen molar-refractivity contribution in [2.75, 3.05) is 7.05 Å². The van der Waals surface area contributed by atoms with Gasteiger partial charge in [0.25, 0.3) is 0 Å². The van der Waals surface area contributed by atoms with Crippen molar-refractivity contribution in [1.29, 1.82) is 0 Å². The van der Waals surface area contributed by atoms with Crippen LogP contribution < -0.4 is 10.6 Å². The summed E-state index contributed by atoms with van der Waals surface area (Å²) in [6.07, 6.45) is -3.57. The highest BCUT2D eigenvalue weighted by Gasteiger charge is 2.30. The normalized spacial score (nSPS) is 13.1. The van der Waals surface area contributed by atoms with Crippen LogP contribution in [0.3, 0.4) is 0 Å². The third kappa shape index (κ3) is 6.39. The predicted molar refractivity (Wildman–Crippen MR) is 116 cm³/mol. The second-order valence-electron chi connectivity index (χ2n) is 6.65. The quantitative estimate of drug-likeness (QED) is 0.365. The van der Waals surface area contributed by atoms with Gasteiger partial charge in [-0.2, -0.15) is 18.3 Å². The second-order valence-corrected chi connectivity index (χ2v) is 6.65. The van der Waals surface area contributed by atoms with Gasteiger partial charge in [-0.3, -0.25) is 9.67 Å². The lowest BCUT2D eigenvalue weighted by Gasteiger charge is -2.18. The van der Waals surface area contributed by atoms with Crippen LogP contribution in [0, 0.1) is 13.8 Å². The summed E-state index contributed by atoms with van der Waals surface area (Å²) in [5.41, 5.74) is 3.19. The molecular weight excluding hydrogens is 482 g/mol. The van der Waals surface area contributed by atoms with E-state index in [1.54, 1.807) is 13.1 Å². The van der Waals surface area contributed by atoms with E-state index in [1.807, 2.05) is 32.5 Å². The Morgan fingerprint density at radius 2 is 1.96 bits per heavy atom. The molecule has 1 heterocycles. The molecule has 0 fully saturated rings. The summed E-state index contributed by atoms with van der Waals surface area (Å²) in [6.45, 7) is 6.29. The smallest absolute Gasteiger partial charge is 0.354 e. The standard InChI is InChI=1S/C19H26F3N5.HI/c1-12(9-17-13(2)26-27(5)14(17)3)25-18(23-4)24-11-15-7-6-8-16(10-15)19(20,21)22;/h6-8,10,12H,9,11H2,1-5H3,(H2,23,24,25);1H. The van der Waals surface area contributed by atoms with Crippen LogP contribution >= 0.6 is 24.0 Å². The average molecular weight is 509 g/mol. The maximum atomic E-state index is 12.8. The fourth-order valence-electron chi connectivity index (χ4n) is 2.94. The fourth-order valence-corrected chi connectivity index (χ4v) is 2.94. The number of hydrogen-bond acceptors (Lipinski definition) is 2. The first-order chi connectivity index (χ1) is 12.6. The first kappa shape index (κ1) is 24.3. The number of alkyl halides is 3. The molecule has 156 valence electrons. The zero-order valence-electron chi connectivity index (χ0n) is 16.7. The monoisotopic (exact) mass is 509 g/mol. The van der Waals surface area contributed by atoms with Crippen molar-refractivity contribution in [1.82, 2.24) is 20.4 Å². The molecule has 9 heteroatoms. The molecule has 0 spiro atoms. The molecule has 0 aliphatic carbocycles. The van der Waals surface area contributed by atoms with E-state index in [2.05, 4.69) is 20.7 Å². The maximum Gasteiger partial charge on any atom is 0.416 e. The number of halogens is 4. The largest absolute Gasteiger partial charge is 0.416 e. The van der Waals surface area contributed by atoms with Crippen LogP contribution in [0.1, 0.15) is 35.0 Å². The molecule has 0 aliphatic rings. The zero-order chi connectivity index (χ0) is 20.2. The topological polar surface area (TPSA) is 54.2 Å².